The van der Waals surface area contributed by atoms with Gasteiger partial charge in [-0.2, -0.15) is 0 Å². The Kier molecular flexibility index (Phi) is 7.16. The van der Waals surface area contributed by atoms with E-state index in [2.05, 4.69) is 5.32 Å². The number of esters is 1. The fourth-order valence-corrected chi connectivity index (χ4v) is 3.44. The van der Waals surface area contributed by atoms with E-state index in [1.54, 1.807) is 22.4 Å². The molecule has 0 saturated carbocycles. The number of ether oxygens (including phenoxy) is 2. The second kappa shape index (κ2) is 10.0. The number of benzene rings is 1. The highest BCUT2D eigenvalue weighted by atomic mass is 32.1. The fourth-order valence-electron chi connectivity index (χ4n) is 2.82. The number of hydrogen-bond acceptors (Lipinski definition) is 6. The number of amides is 2. The largest absolute Gasteiger partial charge is 0.454 e. The van der Waals surface area contributed by atoms with Gasteiger partial charge in [-0.3, -0.25) is 9.59 Å². The van der Waals surface area contributed by atoms with Crippen LogP contribution >= 0.6 is 11.3 Å². The maximum atomic E-state index is 12.6. The van der Waals surface area contributed by atoms with E-state index < -0.39 is 12.0 Å². The van der Waals surface area contributed by atoms with Crippen molar-refractivity contribution in [1.29, 1.82) is 0 Å². The summed E-state index contributed by atoms with van der Waals surface area (Å²) < 4.78 is 10.4. The van der Waals surface area contributed by atoms with E-state index in [-0.39, 0.29) is 24.8 Å². The van der Waals surface area contributed by atoms with E-state index in [1.807, 2.05) is 30.3 Å². The summed E-state index contributed by atoms with van der Waals surface area (Å²) in [6.45, 7) is 1.58. The first-order valence-electron chi connectivity index (χ1n) is 9.04. The van der Waals surface area contributed by atoms with Crippen LogP contribution < -0.4 is 5.32 Å². The lowest BCUT2D eigenvalue weighted by Gasteiger charge is -2.27. The van der Waals surface area contributed by atoms with Gasteiger partial charge in [-0.25, -0.2) is 4.79 Å². The SMILES string of the molecule is O=C(N[C@H](Cc1ccccc1)C(=O)OCC(=O)N1CCOCC1)c1cccs1. The normalized spacial score (nSPS) is 14.9. The molecule has 2 amide bonds. The minimum absolute atomic E-state index is 0.264. The molecule has 0 bridgehead atoms. The second-order valence-electron chi connectivity index (χ2n) is 6.29. The summed E-state index contributed by atoms with van der Waals surface area (Å²) in [6, 6.07) is 11.9. The minimum atomic E-state index is -0.880. The molecule has 0 aliphatic carbocycles. The molecule has 3 rings (SSSR count). The second-order valence-corrected chi connectivity index (χ2v) is 7.24. The van der Waals surface area contributed by atoms with Gasteiger partial charge >= 0.3 is 5.97 Å². The van der Waals surface area contributed by atoms with Crippen molar-refractivity contribution in [3.8, 4) is 0 Å². The Bertz CT molecular complexity index is 788. The van der Waals surface area contributed by atoms with Crippen LogP contribution in [0, 0.1) is 0 Å². The molecule has 2 aromatic rings. The molecule has 0 radical (unpaired) electrons. The number of hydrogen-bond donors (Lipinski definition) is 1. The van der Waals surface area contributed by atoms with Crippen LogP contribution in [0.25, 0.3) is 0 Å². The van der Waals surface area contributed by atoms with Gasteiger partial charge in [0.05, 0.1) is 18.1 Å². The zero-order chi connectivity index (χ0) is 19.8. The Morgan fingerprint density at radius 1 is 1.11 bits per heavy atom. The number of nitrogens with zero attached hydrogens (tertiary/aromatic N) is 1. The molecule has 28 heavy (non-hydrogen) atoms. The van der Waals surface area contributed by atoms with Gasteiger partial charge in [-0.05, 0) is 17.0 Å². The van der Waals surface area contributed by atoms with Crippen molar-refractivity contribution in [3.05, 3.63) is 58.3 Å². The third kappa shape index (κ3) is 5.64. The van der Waals surface area contributed by atoms with E-state index in [4.69, 9.17) is 9.47 Å². The number of morpholine rings is 1. The quantitative estimate of drug-likeness (QED) is 0.710. The van der Waals surface area contributed by atoms with Crippen LogP contribution in [0.4, 0.5) is 0 Å². The molecular formula is C20H22N2O5S. The maximum Gasteiger partial charge on any atom is 0.329 e. The van der Waals surface area contributed by atoms with Crippen molar-refractivity contribution in [1.82, 2.24) is 10.2 Å². The van der Waals surface area contributed by atoms with Crippen LogP contribution in [-0.4, -0.2) is 61.6 Å². The van der Waals surface area contributed by atoms with E-state index in [0.717, 1.165) is 5.56 Å². The van der Waals surface area contributed by atoms with Crippen molar-refractivity contribution < 1.29 is 23.9 Å². The van der Waals surface area contributed by atoms with Crippen LogP contribution in [-0.2, 0) is 25.5 Å². The van der Waals surface area contributed by atoms with E-state index >= 15 is 0 Å². The Morgan fingerprint density at radius 3 is 2.54 bits per heavy atom. The van der Waals surface area contributed by atoms with E-state index in [9.17, 15) is 14.4 Å². The standard InChI is InChI=1S/C20H22N2O5S/c23-18(22-8-10-26-11-9-22)14-27-20(25)16(13-15-5-2-1-3-6-15)21-19(24)17-7-4-12-28-17/h1-7,12,16H,8-11,13-14H2,(H,21,24)/t16-/m1/s1. The summed E-state index contributed by atoms with van der Waals surface area (Å²) in [4.78, 5) is 39.3. The van der Waals surface area contributed by atoms with Crippen LogP contribution in [0.3, 0.4) is 0 Å². The third-order valence-corrected chi connectivity index (χ3v) is 5.19. The highest BCUT2D eigenvalue weighted by Gasteiger charge is 2.26. The van der Waals surface area contributed by atoms with Crippen LogP contribution in [0.1, 0.15) is 15.2 Å². The van der Waals surface area contributed by atoms with Gasteiger partial charge in [0.2, 0.25) is 0 Å². The molecule has 1 aliphatic heterocycles. The first kappa shape index (κ1) is 20.0. The summed E-state index contributed by atoms with van der Waals surface area (Å²) in [5.74, 6) is -1.23. The van der Waals surface area contributed by atoms with Gasteiger partial charge in [-0.1, -0.05) is 36.4 Å². The molecule has 2 heterocycles. The molecule has 0 unspecified atom stereocenters. The lowest BCUT2D eigenvalue weighted by molar-refractivity contribution is -0.155. The summed E-state index contributed by atoms with van der Waals surface area (Å²) >= 11 is 1.29. The molecule has 0 spiro atoms. The summed E-state index contributed by atoms with van der Waals surface area (Å²) in [5.41, 5.74) is 0.885. The zero-order valence-electron chi connectivity index (χ0n) is 15.3. The molecule has 1 saturated heterocycles. The Balaban J connectivity index is 1.62. The zero-order valence-corrected chi connectivity index (χ0v) is 16.2. The molecule has 7 nitrogen and oxygen atoms in total. The van der Waals surface area contributed by atoms with Crippen molar-refractivity contribution in [2.45, 2.75) is 12.5 Å². The van der Waals surface area contributed by atoms with Crippen molar-refractivity contribution in [2.75, 3.05) is 32.9 Å². The monoisotopic (exact) mass is 402 g/mol. The number of rotatable bonds is 7. The average Bonchev–Trinajstić information content (AvgIpc) is 3.28. The van der Waals surface area contributed by atoms with Gasteiger partial charge < -0.3 is 19.7 Å². The molecule has 1 atom stereocenters. The highest BCUT2D eigenvalue weighted by molar-refractivity contribution is 7.12. The van der Waals surface area contributed by atoms with E-state index in [0.29, 0.717) is 31.2 Å². The van der Waals surface area contributed by atoms with Crippen LogP contribution in [0.2, 0.25) is 0 Å². The van der Waals surface area contributed by atoms with Crippen molar-refractivity contribution in [2.24, 2.45) is 0 Å². The topological polar surface area (TPSA) is 84.9 Å². The van der Waals surface area contributed by atoms with Gasteiger partial charge in [0, 0.05) is 19.5 Å². The Hall–Kier alpha value is -2.71. The molecule has 1 aromatic heterocycles. The van der Waals surface area contributed by atoms with Gasteiger partial charge in [0.25, 0.3) is 11.8 Å². The van der Waals surface area contributed by atoms with Crippen molar-refractivity contribution >= 4 is 29.1 Å². The molecule has 1 aliphatic rings. The first-order valence-corrected chi connectivity index (χ1v) is 9.92. The summed E-state index contributed by atoms with van der Waals surface area (Å²) in [5, 5.41) is 4.52. The van der Waals surface area contributed by atoms with E-state index in [1.165, 1.54) is 11.3 Å². The third-order valence-electron chi connectivity index (χ3n) is 4.32. The molecular weight excluding hydrogens is 380 g/mol. The average molecular weight is 402 g/mol. The fraction of sp³-hybridized carbons (Fsp3) is 0.350. The maximum absolute atomic E-state index is 12.6. The lowest BCUT2D eigenvalue weighted by Crippen LogP contribution is -2.46. The predicted octanol–water partition coefficient (Wildman–Crippen LogP) is 1.49. The molecule has 8 heteroatoms. The first-order chi connectivity index (χ1) is 13.6. The summed E-state index contributed by atoms with van der Waals surface area (Å²) in [7, 11) is 0. The highest BCUT2D eigenvalue weighted by Crippen LogP contribution is 2.11. The number of carbonyl (C=O) groups is 3. The Morgan fingerprint density at radius 2 is 1.86 bits per heavy atom. The van der Waals surface area contributed by atoms with Crippen LogP contribution in [0.15, 0.2) is 47.8 Å². The molecule has 1 fully saturated rings. The van der Waals surface area contributed by atoms with Gasteiger partial charge in [0.15, 0.2) is 6.61 Å². The Labute approximate surface area is 167 Å². The predicted molar refractivity (Wildman–Crippen MR) is 104 cm³/mol. The molecule has 1 N–H and O–H groups in total. The minimum Gasteiger partial charge on any atom is -0.454 e. The van der Waals surface area contributed by atoms with Gasteiger partial charge in [0.1, 0.15) is 6.04 Å². The van der Waals surface area contributed by atoms with Crippen molar-refractivity contribution in [3.63, 3.8) is 0 Å². The molecule has 148 valence electrons. The van der Waals surface area contributed by atoms with Gasteiger partial charge in [-0.15, -0.1) is 11.3 Å². The smallest absolute Gasteiger partial charge is 0.329 e. The molecule has 1 aromatic carbocycles. The lowest BCUT2D eigenvalue weighted by atomic mass is 10.1. The summed E-state index contributed by atoms with van der Waals surface area (Å²) in [6.07, 6.45) is 0.280. The number of carbonyl (C=O) groups excluding carboxylic acids is 3. The van der Waals surface area contributed by atoms with Crippen LogP contribution in [0.5, 0.6) is 0 Å². The number of thiophene rings is 1. The number of nitrogens with one attached hydrogen (secondary N) is 1.